The highest BCUT2D eigenvalue weighted by molar-refractivity contribution is 9.10. The van der Waals surface area contributed by atoms with Crippen LogP contribution in [0.2, 0.25) is 0 Å². The van der Waals surface area contributed by atoms with Crippen LogP contribution in [0.3, 0.4) is 0 Å². The van der Waals surface area contributed by atoms with Gasteiger partial charge in [-0.3, -0.25) is 4.90 Å². The van der Waals surface area contributed by atoms with Crippen molar-refractivity contribution in [3.63, 3.8) is 0 Å². The van der Waals surface area contributed by atoms with Gasteiger partial charge in [-0.15, -0.1) is 0 Å². The van der Waals surface area contributed by atoms with Crippen LogP contribution in [-0.4, -0.2) is 36.1 Å². The summed E-state index contributed by atoms with van der Waals surface area (Å²) in [4.78, 5) is 2.44. The van der Waals surface area contributed by atoms with Crippen LogP contribution in [0.1, 0.15) is 11.6 Å². The third-order valence-corrected chi connectivity index (χ3v) is 4.35. The predicted octanol–water partition coefficient (Wildman–Crippen LogP) is 2.52. The molecule has 96 valence electrons. The summed E-state index contributed by atoms with van der Waals surface area (Å²) >= 11 is 3.58. The molecule has 0 bridgehead atoms. The topological polar surface area (TPSA) is 20.2 Å². The first-order valence-electron chi connectivity index (χ1n) is 6.32. The maximum absolute atomic E-state index is 3.58. The molecule has 0 amide bonds. The zero-order valence-electron chi connectivity index (χ0n) is 10.8. The molecule has 1 aromatic heterocycles. The molecular formula is C14H18BrN3. The lowest BCUT2D eigenvalue weighted by Gasteiger charge is -2.33. The fourth-order valence-electron chi connectivity index (χ4n) is 2.81. The van der Waals surface area contributed by atoms with E-state index >= 15 is 0 Å². The smallest absolute Gasteiger partial charge is 0.0491 e. The van der Waals surface area contributed by atoms with Crippen molar-refractivity contribution in [1.29, 1.82) is 0 Å². The second-order valence-electron chi connectivity index (χ2n) is 5.06. The molecule has 0 aliphatic carbocycles. The van der Waals surface area contributed by atoms with Crippen molar-refractivity contribution >= 4 is 26.8 Å². The van der Waals surface area contributed by atoms with Gasteiger partial charge in [0.05, 0.1) is 0 Å². The summed E-state index contributed by atoms with van der Waals surface area (Å²) in [5.74, 6) is 0. The summed E-state index contributed by atoms with van der Waals surface area (Å²) in [6.07, 6.45) is 2.27. The molecule has 1 aromatic carbocycles. The molecule has 1 unspecified atom stereocenters. The van der Waals surface area contributed by atoms with Gasteiger partial charge in [0.25, 0.3) is 0 Å². The first-order valence-corrected chi connectivity index (χ1v) is 7.11. The van der Waals surface area contributed by atoms with Gasteiger partial charge in [0.15, 0.2) is 0 Å². The van der Waals surface area contributed by atoms with Crippen LogP contribution in [-0.2, 0) is 7.05 Å². The highest BCUT2D eigenvalue weighted by atomic mass is 79.9. The molecule has 0 spiro atoms. The number of halogens is 1. The Balaban J connectivity index is 2.13. The summed E-state index contributed by atoms with van der Waals surface area (Å²) in [7, 11) is 4.33. The summed E-state index contributed by atoms with van der Waals surface area (Å²) in [6.45, 7) is 3.22. The highest BCUT2D eigenvalue weighted by Gasteiger charge is 2.23. The second-order valence-corrected chi connectivity index (χ2v) is 5.97. The summed E-state index contributed by atoms with van der Waals surface area (Å²) in [5, 5.41) is 4.84. The van der Waals surface area contributed by atoms with E-state index in [-0.39, 0.29) is 0 Å². The molecule has 18 heavy (non-hydrogen) atoms. The molecule has 1 fully saturated rings. The fourth-order valence-corrected chi connectivity index (χ4v) is 3.17. The average Bonchev–Trinajstić information content (AvgIpc) is 2.67. The van der Waals surface area contributed by atoms with Crippen molar-refractivity contribution in [1.82, 2.24) is 14.8 Å². The number of benzene rings is 1. The van der Waals surface area contributed by atoms with E-state index in [1.807, 2.05) is 0 Å². The molecule has 1 N–H and O–H groups in total. The monoisotopic (exact) mass is 307 g/mol. The van der Waals surface area contributed by atoms with Crippen molar-refractivity contribution in [3.8, 4) is 0 Å². The van der Waals surface area contributed by atoms with Crippen LogP contribution >= 0.6 is 15.9 Å². The lowest BCUT2D eigenvalue weighted by Crippen LogP contribution is -2.43. The Bertz CT molecular complexity index is 576. The van der Waals surface area contributed by atoms with Crippen LogP contribution in [0.25, 0.3) is 10.9 Å². The van der Waals surface area contributed by atoms with E-state index in [1.165, 1.54) is 16.5 Å². The Morgan fingerprint density at radius 2 is 2.17 bits per heavy atom. The standard InChI is InChI=1S/C14H18BrN3/c1-17-6-5-16-8-14(17)12-9-18(2)13-4-3-10(15)7-11(12)13/h3-4,7,9,14,16H,5-6,8H2,1-2H3. The van der Waals surface area contributed by atoms with E-state index in [1.54, 1.807) is 0 Å². The second kappa shape index (κ2) is 4.68. The normalized spacial score (nSPS) is 21.6. The minimum absolute atomic E-state index is 0.469. The molecule has 1 saturated heterocycles. The van der Waals surface area contributed by atoms with Gasteiger partial charge in [-0.2, -0.15) is 0 Å². The lowest BCUT2D eigenvalue weighted by atomic mass is 10.0. The van der Waals surface area contributed by atoms with E-state index in [4.69, 9.17) is 0 Å². The molecule has 1 aliphatic rings. The van der Waals surface area contributed by atoms with Crippen LogP contribution in [0.4, 0.5) is 0 Å². The quantitative estimate of drug-likeness (QED) is 0.873. The SMILES string of the molecule is CN1CCNCC1c1cn(C)c2ccc(Br)cc12. The number of nitrogens with one attached hydrogen (secondary N) is 1. The van der Waals surface area contributed by atoms with Gasteiger partial charge < -0.3 is 9.88 Å². The van der Waals surface area contributed by atoms with Crippen molar-refractivity contribution in [2.24, 2.45) is 7.05 Å². The third-order valence-electron chi connectivity index (χ3n) is 3.85. The molecular weight excluding hydrogens is 290 g/mol. The largest absolute Gasteiger partial charge is 0.350 e. The maximum Gasteiger partial charge on any atom is 0.0491 e. The Labute approximate surface area is 116 Å². The van der Waals surface area contributed by atoms with Crippen molar-refractivity contribution < 1.29 is 0 Å². The molecule has 0 saturated carbocycles. The Hall–Kier alpha value is -0.840. The van der Waals surface area contributed by atoms with Gasteiger partial charge in [0.1, 0.15) is 0 Å². The van der Waals surface area contributed by atoms with Gasteiger partial charge >= 0.3 is 0 Å². The highest BCUT2D eigenvalue weighted by Crippen LogP contribution is 2.31. The minimum atomic E-state index is 0.469. The Morgan fingerprint density at radius 1 is 1.33 bits per heavy atom. The minimum Gasteiger partial charge on any atom is -0.350 e. The van der Waals surface area contributed by atoms with E-state index in [0.29, 0.717) is 6.04 Å². The molecule has 3 rings (SSSR count). The summed E-state index contributed by atoms with van der Waals surface area (Å²) in [6, 6.07) is 6.98. The van der Waals surface area contributed by atoms with Crippen molar-refractivity contribution in [2.75, 3.05) is 26.7 Å². The molecule has 3 nitrogen and oxygen atoms in total. The molecule has 1 atom stereocenters. The summed E-state index contributed by atoms with van der Waals surface area (Å²) in [5.41, 5.74) is 2.72. The van der Waals surface area contributed by atoms with Gasteiger partial charge in [0.2, 0.25) is 0 Å². The van der Waals surface area contributed by atoms with E-state index in [0.717, 1.165) is 24.1 Å². The molecule has 1 aliphatic heterocycles. The Morgan fingerprint density at radius 3 is 2.94 bits per heavy atom. The molecule has 2 heterocycles. The third kappa shape index (κ3) is 1.98. The number of fused-ring (bicyclic) bond motifs is 1. The van der Waals surface area contributed by atoms with Crippen LogP contribution in [0, 0.1) is 0 Å². The zero-order valence-corrected chi connectivity index (χ0v) is 12.4. The number of hydrogen-bond acceptors (Lipinski definition) is 2. The van der Waals surface area contributed by atoms with Gasteiger partial charge in [-0.05, 0) is 30.8 Å². The molecule has 2 aromatic rings. The van der Waals surface area contributed by atoms with Gasteiger partial charge in [0, 0.05) is 54.3 Å². The van der Waals surface area contributed by atoms with Crippen LogP contribution in [0.5, 0.6) is 0 Å². The van der Waals surface area contributed by atoms with Gasteiger partial charge in [-0.1, -0.05) is 15.9 Å². The number of aromatic nitrogens is 1. The van der Waals surface area contributed by atoms with Crippen molar-refractivity contribution in [2.45, 2.75) is 6.04 Å². The number of piperazine rings is 1. The molecule has 4 heteroatoms. The number of rotatable bonds is 1. The Kier molecular flexibility index (Phi) is 3.18. The van der Waals surface area contributed by atoms with Gasteiger partial charge in [-0.25, -0.2) is 0 Å². The first-order chi connectivity index (χ1) is 8.66. The fraction of sp³-hybridized carbons (Fsp3) is 0.429. The van der Waals surface area contributed by atoms with Crippen LogP contribution in [0.15, 0.2) is 28.9 Å². The van der Waals surface area contributed by atoms with E-state index in [9.17, 15) is 0 Å². The predicted molar refractivity (Wildman–Crippen MR) is 78.9 cm³/mol. The number of nitrogens with zero attached hydrogens (tertiary/aromatic N) is 2. The molecule has 0 radical (unpaired) electrons. The first kappa shape index (κ1) is 12.2. The maximum atomic E-state index is 3.58. The number of hydrogen-bond donors (Lipinski definition) is 1. The van der Waals surface area contributed by atoms with Crippen LogP contribution < -0.4 is 5.32 Å². The zero-order chi connectivity index (χ0) is 12.7. The van der Waals surface area contributed by atoms with E-state index < -0.39 is 0 Å². The van der Waals surface area contributed by atoms with Crippen molar-refractivity contribution in [3.05, 3.63) is 34.4 Å². The van der Waals surface area contributed by atoms with E-state index in [2.05, 4.69) is 69.2 Å². The lowest BCUT2D eigenvalue weighted by molar-refractivity contribution is 0.203. The number of aryl methyl sites for hydroxylation is 1. The summed E-state index contributed by atoms with van der Waals surface area (Å²) < 4.78 is 3.37. The average molecular weight is 308 g/mol. The number of likely N-dealkylation sites (N-methyl/N-ethyl adjacent to an activating group) is 1.